The molecule has 1 fully saturated rings. The predicted molar refractivity (Wildman–Crippen MR) is 157 cm³/mol. The molecule has 0 saturated carbocycles. The maximum atomic E-state index is 13.4. The van der Waals surface area contributed by atoms with E-state index in [0.717, 1.165) is 28.3 Å². The van der Waals surface area contributed by atoms with E-state index in [1.807, 2.05) is 32.2 Å². The second-order valence-corrected chi connectivity index (χ2v) is 13.2. The first-order chi connectivity index (χ1) is 19.3. The van der Waals surface area contributed by atoms with Gasteiger partial charge in [-0.3, -0.25) is 9.59 Å². The Bertz CT molecular complexity index is 1090. The number of ether oxygens (including phenoxy) is 3. The van der Waals surface area contributed by atoms with Crippen LogP contribution in [0.1, 0.15) is 83.8 Å². The van der Waals surface area contributed by atoms with Gasteiger partial charge in [-0.25, -0.2) is 4.98 Å². The molecule has 1 aromatic rings. The summed E-state index contributed by atoms with van der Waals surface area (Å²) in [5.41, 5.74) is 1.41. The standard InChI is InChI=1S/C31H47NO8S/c1-18-8-7-9-22(13-28-38-15-24(33)16-39-28)10-11-25(19(2)12-23-17-41-21(4)32-23)40-27(35)14-26(34)31(5,6)30(37)20(3)29(18)36/h10,12,17-18,20,24-26,28-29,33-34,36H,7-9,11,13-16H2,1-6H3/b19-12+,22-10+/t18-,20+,24?,25-,26-,28?,29-/m0/s1. The minimum absolute atomic E-state index is 0.141. The molecule has 0 bridgehead atoms. The summed E-state index contributed by atoms with van der Waals surface area (Å²) in [6.45, 7) is 11.1. The molecule has 3 heterocycles. The molecule has 1 saturated heterocycles. The van der Waals surface area contributed by atoms with Gasteiger partial charge in [-0.2, -0.15) is 0 Å². The van der Waals surface area contributed by atoms with Crippen LogP contribution in [0.2, 0.25) is 0 Å². The first-order valence-electron chi connectivity index (χ1n) is 14.6. The first-order valence-corrected chi connectivity index (χ1v) is 15.4. The lowest BCUT2D eigenvalue weighted by Crippen LogP contribution is -2.45. The van der Waals surface area contributed by atoms with Crippen molar-refractivity contribution in [2.75, 3.05) is 13.2 Å². The normalized spacial score (nSPS) is 34.5. The number of cyclic esters (lactones) is 1. The SMILES string of the molecule is C/C(=C\c1csc(C)n1)[C@@H]1C/C=C(/CC2OCC(O)CO2)CCC[C@H](C)[C@H](O)[C@@H](C)C(=O)C(C)(C)[C@@H](O)CC(=O)O1. The van der Waals surface area contributed by atoms with Crippen LogP contribution < -0.4 is 0 Å². The fourth-order valence-electron chi connectivity index (χ4n) is 5.37. The van der Waals surface area contributed by atoms with E-state index in [1.165, 1.54) is 11.3 Å². The Morgan fingerprint density at radius 2 is 1.85 bits per heavy atom. The lowest BCUT2D eigenvalue weighted by atomic mass is 9.73. The summed E-state index contributed by atoms with van der Waals surface area (Å²) in [6, 6.07) is 0. The van der Waals surface area contributed by atoms with E-state index in [4.69, 9.17) is 14.2 Å². The maximum absolute atomic E-state index is 13.4. The van der Waals surface area contributed by atoms with Crippen LogP contribution in [0.4, 0.5) is 0 Å². The molecule has 2 aliphatic heterocycles. The highest BCUT2D eigenvalue weighted by Crippen LogP contribution is 2.33. The zero-order valence-electron chi connectivity index (χ0n) is 25.2. The van der Waals surface area contributed by atoms with E-state index < -0.39 is 48.0 Å². The van der Waals surface area contributed by atoms with E-state index in [2.05, 4.69) is 11.1 Å². The van der Waals surface area contributed by atoms with Crippen LogP contribution >= 0.6 is 11.3 Å². The zero-order chi connectivity index (χ0) is 30.3. The van der Waals surface area contributed by atoms with Crippen LogP contribution in [0, 0.1) is 24.2 Å². The molecule has 0 spiro atoms. The summed E-state index contributed by atoms with van der Waals surface area (Å²) in [6.07, 6.45) is 2.81. The Labute approximate surface area is 247 Å². The Kier molecular flexibility index (Phi) is 12.3. The van der Waals surface area contributed by atoms with Crippen molar-refractivity contribution in [3.05, 3.63) is 33.3 Å². The third kappa shape index (κ3) is 9.53. The number of aliphatic hydroxyl groups is 3. The molecular formula is C31H47NO8S. The number of aliphatic hydroxyl groups excluding tert-OH is 3. The van der Waals surface area contributed by atoms with Crippen molar-refractivity contribution in [1.29, 1.82) is 0 Å². The Morgan fingerprint density at radius 1 is 1.17 bits per heavy atom. The number of rotatable bonds is 4. The third-order valence-electron chi connectivity index (χ3n) is 8.29. The summed E-state index contributed by atoms with van der Waals surface area (Å²) >= 11 is 1.54. The summed E-state index contributed by atoms with van der Waals surface area (Å²) in [5.74, 6) is -1.74. The molecular weight excluding hydrogens is 546 g/mol. The summed E-state index contributed by atoms with van der Waals surface area (Å²) in [5, 5.41) is 34.6. The number of hydrogen-bond donors (Lipinski definition) is 3. The van der Waals surface area contributed by atoms with Gasteiger partial charge < -0.3 is 29.5 Å². The zero-order valence-corrected chi connectivity index (χ0v) is 26.0. The van der Waals surface area contributed by atoms with Gasteiger partial charge in [0, 0.05) is 24.1 Å². The highest BCUT2D eigenvalue weighted by molar-refractivity contribution is 7.09. The van der Waals surface area contributed by atoms with Crippen molar-refractivity contribution in [2.45, 2.75) is 111 Å². The summed E-state index contributed by atoms with van der Waals surface area (Å²) in [7, 11) is 0. The fourth-order valence-corrected chi connectivity index (χ4v) is 5.94. The van der Waals surface area contributed by atoms with Crippen LogP contribution in [0.5, 0.6) is 0 Å². The van der Waals surface area contributed by atoms with Gasteiger partial charge in [-0.05, 0) is 50.7 Å². The lowest BCUT2D eigenvalue weighted by Gasteiger charge is -2.34. The molecule has 41 heavy (non-hydrogen) atoms. The Balaban J connectivity index is 1.91. The molecule has 10 heteroatoms. The molecule has 1 aromatic heterocycles. The van der Waals surface area contributed by atoms with Gasteiger partial charge >= 0.3 is 5.97 Å². The van der Waals surface area contributed by atoms with Crippen molar-refractivity contribution in [3.63, 3.8) is 0 Å². The van der Waals surface area contributed by atoms with Crippen molar-refractivity contribution in [2.24, 2.45) is 17.3 Å². The second kappa shape index (κ2) is 15.0. The number of hydrogen-bond acceptors (Lipinski definition) is 10. The van der Waals surface area contributed by atoms with Gasteiger partial charge in [0.05, 0.1) is 48.0 Å². The number of aryl methyl sites for hydroxylation is 1. The molecule has 230 valence electrons. The van der Waals surface area contributed by atoms with Gasteiger partial charge in [0.25, 0.3) is 0 Å². The molecule has 0 unspecified atom stereocenters. The summed E-state index contributed by atoms with van der Waals surface area (Å²) < 4.78 is 17.3. The largest absolute Gasteiger partial charge is 0.457 e. The number of Topliss-reactive ketones (excluding diaryl/α,β-unsaturated/α-hetero) is 1. The van der Waals surface area contributed by atoms with E-state index in [0.29, 0.717) is 25.7 Å². The molecule has 0 radical (unpaired) electrons. The molecule has 9 nitrogen and oxygen atoms in total. The van der Waals surface area contributed by atoms with Gasteiger partial charge in [0.15, 0.2) is 6.29 Å². The van der Waals surface area contributed by atoms with E-state index in [9.17, 15) is 24.9 Å². The average molecular weight is 594 g/mol. The van der Waals surface area contributed by atoms with Gasteiger partial charge in [0.1, 0.15) is 18.0 Å². The van der Waals surface area contributed by atoms with Gasteiger partial charge in [-0.15, -0.1) is 11.3 Å². The number of nitrogens with zero attached hydrogens (tertiary/aromatic N) is 1. The van der Waals surface area contributed by atoms with E-state index in [-0.39, 0.29) is 31.3 Å². The van der Waals surface area contributed by atoms with Crippen LogP contribution in [0.3, 0.4) is 0 Å². The van der Waals surface area contributed by atoms with Gasteiger partial charge in [0.2, 0.25) is 0 Å². The minimum Gasteiger partial charge on any atom is -0.457 e. The number of aromatic nitrogens is 1. The van der Waals surface area contributed by atoms with E-state index in [1.54, 1.807) is 20.8 Å². The Morgan fingerprint density at radius 3 is 2.49 bits per heavy atom. The third-order valence-corrected chi connectivity index (χ3v) is 9.08. The average Bonchev–Trinajstić information content (AvgIpc) is 3.33. The highest BCUT2D eigenvalue weighted by atomic mass is 32.1. The van der Waals surface area contributed by atoms with Crippen molar-refractivity contribution < 1.29 is 39.1 Å². The van der Waals surface area contributed by atoms with E-state index >= 15 is 0 Å². The second-order valence-electron chi connectivity index (χ2n) is 12.2. The maximum Gasteiger partial charge on any atom is 0.309 e. The number of carbonyl (C=O) groups is 2. The number of ketones is 1. The summed E-state index contributed by atoms with van der Waals surface area (Å²) in [4.78, 5) is 31.0. The van der Waals surface area contributed by atoms with Gasteiger partial charge in [-0.1, -0.05) is 39.3 Å². The van der Waals surface area contributed by atoms with Crippen LogP contribution in [-0.2, 0) is 23.8 Å². The van der Waals surface area contributed by atoms with Crippen molar-refractivity contribution >= 4 is 29.2 Å². The van der Waals surface area contributed by atoms with Crippen molar-refractivity contribution in [3.8, 4) is 0 Å². The number of esters is 1. The number of carbonyl (C=O) groups excluding carboxylic acids is 2. The molecule has 0 amide bonds. The molecule has 3 N–H and O–H groups in total. The van der Waals surface area contributed by atoms with Crippen LogP contribution in [0.25, 0.3) is 6.08 Å². The highest BCUT2D eigenvalue weighted by Gasteiger charge is 2.42. The van der Waals surface area contributed by atoms with Crippen molar-refractivity contribution in [1.82, 2.24) is 4.98 Å². The lowest BCUT2D eigenvalue weighted by molar-refractivity contribution is -0.215. The monoisotopic (exact) mass is 593 g/mol. The Hall–Kier alpha value is -1.95. The van der Waals surface area contributed by atoms with Crippen LogP contribution in [0.15, 0.2) is 22.6 Å². The molecule has 3 rings (SSSR count). The molecule has 0 aliphatic carbocycles. The minimum atomic E-state index is -1.27. The predicted octanol–water partition coefficient (Wildman–Crippen LogP) is 4.37. The first kappa shape index (κ1) is 33.6. The van der Waals surface area contributed by atoms with Crippen LogP contribution in [-0.4, -0.2) is 76.0 Å². The smallest absolute Gasteiger partial charge is 0.309 e. The number of thiazole rings is 1. The topological polar surface area (TPSA) is 135 Å². The molecule has 5 atom stereocenters. The molecule has 0 aromatic carbocycles. The molecule has 2 aliphatic rings. The quantitative estimate of drug-likeness (QED) is 0.343. The fraction of sp³-hybridized carbons (Fsp3) is 0.710.